The molecule has 0 saturated carbocycles. The van der Waals surface area contributed by atoms with Crippen molar-refractivity contribution >= 4 is 5.52 Å². The molecule has 0 N–H and O–H groups in total. The molecule has 17 heavy (non-hydrogen) atoms. The van der Waals surface area contributed by atoms with E-state index in [4.69, 9.17) is 9.47 Å². The molecule has 1 saturated heterocycles. The fourth-order valence-corrected chi connectivity index (χ4v) is 2.37. The summed E-state index contributed by atoms with van der Waals surface area (Å²) in [6.07, 6.45) is 6.03. The topological polar surface area (TPSA) is 35.8 Å². The highest BCUT2D eigenvalue weighted by Crippen LogP contribution is 2.27. The van der Waals surface area contributed by atoms with Gasteiger partial charge in [0.05, 0.1) is 25.0 Å². The van der Waals surface area contributed by atoms with Crippen molar-refractivity contribution in [3.63, 3.8) is 0 Å². The Hall–Kier alpha value is -1.55. The first-order valence-electron chi connectivity index (χ1n) is 5.97. The van der Waals surface area contributed by atoms with Crippen LogP contribution in [-0.4, -0.2) is 29.7 Å². The molecule has 0 unspecified atom stereocenters. The van der Waals surface area contributed by atoms with Gasteiger partial charge in [0.15, 0.2) is 0 Å². The molecule has 3 rings (SSSR count). The number of nitrogens with zero attached hydrogens (tertiary/aromatic N) is 2. The number of imidazole rings is 1. The van der Waals surface area contributed by atoms with Crippen molar-refractivity contribution in [1.29, 1.82) is 0 Å². The average Bonchev–Trinajstić information content (AvgIpc) is 2.82. The molecule has 3 heterocycles. The Labute approximate surface area is 100 Å². The predicted octanol–water partition coefficient (Wildman–Crippen LogP) is 2.24. The minimum Gasteiger partial charge on any atom is -0.495 e. The van der Waals surface area contributed by atoms with E-state index >= 15 is 0 Å². The monoisotopic (exact) mass is 232 g/mol. The third kappa shape index (κ3) is 1.89. The van der Waals surface area contributed by atoms with Crippen LogP contribution in [0.4, 0.5) is 0 Å². The minimum atomic E-state index is 0.498. The van der Waals surface area contributed by atoms with Gasteiger partial charge in [0.1, 0.15) is 11.6 Å². The maximum Gasteiger partial charge on any atom is 0.135 e. The Balaban J connectivity index is 2.02. The highest BCUT2D eigenvalue weighted by Gasteiger charge is 2.20. The van der Waals surface area contributed by atoms with E-state index in [1.54, 1.807) is 7.11 Å². The van der Waals surface area contributed by atoms with Gasteiger partial charge in [-0.05, 0) is 25.0 Å². The second-order valence-corrected chi connectivity index (χ2v) is 4.37. The molecule has 0 radical (unpaired) electrons. The van der Waals surface area contributed by atoms with Gasteiger partial charge in [0.25, 0.3) is 0 Å². The molecular formula is C13H16N2O2. The summed E-state index contributed by atoms with van der Waals surface area (Å²) in [7, 11) is 1.69. The molecule has 0 atom stereocenters. The molecule has 0 aromatic carbocycles. The summed E-state index contributed by atoms with van der Waals surface area (Å²) in [6.45, 7) is 1.67. The molecule has 2 aromatic rings. The van der Waals surface area contributed by atoms with Crippen LogP contribution in [0.25, 0.3) is 5.52 Å². The van der Waals surface area contributed by atoms with Crippen molar-refractivity contribution in [3.05, 3.63) is 30.4 Å². The molecule has 0 amide bonds. The lowest BCUT2D eigenvalue weighted by Gasteiger charge is -2.21. The quantitative estimate of drug-likeness (QED) is 0.796. The summed E-state index contributed by atoms with van der Waals surface area (Å²) in [4.78, 5) is 4.55. The third-order valence-electron chi connectivity index (χ3n) is 3.35. The molecule has 1 aliphatic heterocycles. The van der Waals surface area contributed by atoms with Gasteiger partial charge in [0.2, 0.25) is 0 Å². The average molecular weight is 232 g/mol. The van der Waals surface area contributed by atoms with Crippen molar-refractivity contribution in [1.82, 2.24) is 9.38 Å². The van der Waals surface area contributed by atoms with Crippen LogP contribution in [0, 0.1) is 0 Å². The number of hydrogen-bond acceptors (Lipinski definition) is 3. The summed E-state index contributed by atoms with van der Waals surface area (Å²) < 4.78 is 12.8. The van der Waals surface area contributed by atoms with Crippen LogP contribution in [-0.2, 0) is 4.74 Å². The predicted molar refractivity (Wildman–Crippen MR) is 64.5 cm³/mol. The van der Waals surface area contributed by atoms with Gasteiger partial charge in [-0.25, -0.2) is 4.98 Å². The first-order chi connectivity index (χ1) is 8.38. The number of fused-ring (bicyclic) bond motifs is 1. The van der Waals surface area contributed by atoms with Crippen LogP contribution < -0.4 is 4.74 Å². The number of pyridine rings is 1. The van der Waals surface area contributed by atoms with Gasteiger partial charge in [-0.3, -0.25) is 4.40 Å². The largest absolute Gasteiger partial charge is 0.495 e. The number of hydrogen-bond donors (Lipinski definition) is 0. The standard InChI is InChI=1S/C13H16N2O2/c1-16-12-3-2-11-8-14-13(15(11)9-12)10-4-6-17-7-5-10/h2-3,8-10H,4-7H2,1H3. The van der Waals surface area contributed by atoms with Crippen LogP contribution in [0.15, 0.2) is 24.5 Å². The van der Waals surface area contributed by atoms with E-state index in [2.05, 4.69) is 9.38 Å². The first-order valence-corrected chi connectivity index (χ1v) is 5.97. The van der Waals surface area contributed by atoms with Crippen LogP contribution >= 0.6 is 0 Å². The molecule has 1 fully saturated rings. The number of methoxy groups -OCH3 is 1. The lowest BCUT2D eigenvalue weighted by Crippen LogP contribution is -2.16. The van der Waals surface area contributed by atoms with E-state index in [0.29, 0.717) is 5.92 Å². The summed E-state index contributed by atoms with van der Waals surface area (Å²) in [5, 5.41) is 0. The Morgan fingerprint density at radius 1 is 1.35 bits per heavy atom. The lowest BCUT2D eigenvalue weighted by atomic mass is 10.00. The zero-order valence-electron chi connectivity index (χ0n) is 9.93. The van der Waals surface area contributed by atoms with Gasteiger partial charge in [-0.2, -0.15) is 0 Å². The van der Waals surface area contributed by atoms with Crippen molar-refractivity contribution in [3.8, 4) is 5.75 Å². The molecular weight excluding hydrogens is 216 g/mol. The molecule has 0 aliphatic carbocycles. The fraction of sp³-hybridized carbons (Fsp3) is 0.462. The second kappa shape index (κ2) is 4.37. The van der Waals surface area contributed by atoms with Crippen LogP contribution in [0.5, 0.6) is 5.75 Å². The Morgan fingerprint density at radius 3 is 2.94 bits per heavy atom. The summed E-state index contributed by atoms with van der Waals surface area (Å²) in [5.41, 5.74) is 1.12. The smallest absolute Gasteiger partial charge is 0.135 e. The molecule has 1 aliphatic rings. The van der Waals surface area contributed by atoms with Gasteiger partial charge < -0.3 is 9.47 Å². The molecule has 4 nitrogen and oxygen atoms in total. The van der Waals surface area contributed by atoms with E-state index in [0.717, 1.165) is 43.1 Å². The van der Waals surface area contributed by atoms with E-state index < -0.39 is 0 Å². The van der Waals surface area contributed by atoms with Crippen molar-refractivity contribution in [2.45, 2.75) is 18.8 Å². The van der Waals surface area contributed by atoms with Crippen molar-refractivity contribution in [2.75, 3.05) is 20.3 Å². The Morgan fingerprint density at radius 2 is 2.18 bits per heavy atom. The number of ether oxygens (including phenoxy) is 2. The van der Waals surface area contributed by atoms with E-state index in [1.807, 2.05) is 24.5 Å². The number of aromatic nitrogens is 2. The van der Waals surface area contributed by atoms with E-state index in [1.165, 1.54) is 0 Å². The second-order valence-electron chi connectivity index (χ2n) is 4.37. The summed E-state index contributed by atoms with van der Waals surface area (Å²) >= 11 is 0. The highest BCUT2D eigenvalue weighted by atomic mass is 16.5. The van der Waals surface area contributed by atoms with Crippen LogP contribution in [0.1, 0.15) is 24.6 Å². The maximum absolute atomic E-state index is 5.39. The summed E-state index contributed by atoms with van der Waals surface area (Å²) in [6, 6.07) is 4.00. The third-order valence-corrected chi connectivity index (χ3v) is 3.35. The number of rotatable bonds is 2. The zero-order valence-corrected chi connectivity index (χ0v) is 9.93. The van der Waals surface area contributed by atoms with Crippen LogP contribution in [0.3, 0.4) is 0 Å². The van der Waals surface area contributed by atoms with Gasteiger partial charge in [0, 0.05) is 19.1 Å². The Kier molecular flexibility index (Phi) is 2.73. The van der Waals surface area contributed by atoms with Gasteiger partial charge >= 0.3 is 0 Å². The highest BCUT2D eigenvalue weighted by molar-refractivity contribution is 5.48. The summed E-state index contributed by atoms with van der Waals surface area (Å²) in [5.74, 6) is 2.49. The van der Waals surface area contributed by atoms with Crippen LogP contribution in [0.2, 0.25) is 0 Å². The lowest BCUT2D eigenvalue weighted by molar-refractivity contribution is 0.0835. The SMILES string of the molecule is COc1ccc2cnc(C3CCOCC3)n2c1. The fourth-order valence-electron chi connectivity index (χ4n) is 2.37. The van der Waals surface area contributed by atoms with Crippen molar-refractivity contribution in [2.24, 2.45) is 0 Å². The molecule has 2 aromatic heterocycles. The molecule has 4 heteroatoms. The maximum atomic E-state index is 5.39. The van der Waals surface area contributed by atoms with Crippen molar-refractivity contribution < 1.29 is 9.47 Å². The van der Waals surface area contributed by atoms with E-state index in [-0.39, 0.29) is 0 Å². The van der Waals surface area contributed by atoms with Gasteiger partial charge in [-0.1, -0.05) is 0 Å². The minimum absolute atomic E-state index is 0.498. The van der Waals surface area contributed by atoms with Gasteiger partial charge in [-0.15, -0.1) is 0 Å². The first kappa shape index (κ1) is 10.6. The normalized spacial score (nSPS) is 17.5. The molecule has 0 spiro atoms. The molecule has 90 valence electrons. The molecule has 0 bridgehead atoms. The van der Waals surface area contributed by atoms with E-state index in [9.17, 15) is 0 Å². The Bertz CT molecular complexity index is 515. The zero-order chi connectivity index (χ0) is 11.7.